The van der Waals surface area contributed by atoms with Gasteiger partial charge in [-0.1, -0.05) is 18.2 Å². The summed E-state index contributed by atoms with van der Waals surface area (Å²) in [5.74, 6) is -1.27. The number of morpholine rings is 1. The number of ether oxygens (including phenoxy) is 1. The zero-order valence-corrected chi connectivity index (χ0v) is 16.3. The third-order valence-corrected chi connectivity index (χ3v) is 5.37. The molecule has 1 aromatic carbocycles. The Labute approximate surface area is 168 Å². The highest BCUT2D eigenvalue weighted by Gasteiger charge is 2.40. The topological polar surface area (TPSA) is 111 Å². The Hall–Kier alpha value is -3.20. The van der Waals surface area contributed by atoms with Crippen molar-refractivity contribution < 1.29 is 19.4 Å². The van der Waals surface area contributed by atoms with Gasteiger partial charge in [0, 0.05) is 24.2 Å². The van der Waals surface area contributed by atoms with Crippen LogP contribution in [-0.2, 0) is 14.3 Å². The minimum Gasteiger partial charge on any atom is -0.480 e. The molecule has 9 nitrogen and oxygen atoms in total. The maximum atomic E-state index is 13.4. The molecule has 0 saturated carbocycles. The first-order valence-corrected chi connectivity index (χ1v) is 9.52. The Morgan fingerprint density at radius 2 is 2.00 bits per heavy atom. The van der Waals surface area contributed by atoms with E-state index in [0.29, 0.717) is 25.4 Å². The first-order valence-electron chi connectivity index (χ1n) is 9.52. The number of carboxylic acids is 1. The number of H-pyrrole nitrogens is 1. The molecular weight excluding hydrogens is 374 g/mol. The van der Waals surface area contributed by atoms with Gasteiger partial charge in [0.2, 0.25) is 0 Å². The fraction of sp³-hybridized carbons (Fsp3) is 0.400. The third-order valence-electron chi connectivity index (χ3n) is 5.37. The van der Waals surface area contributed by atoms with Crippen LogP contribution in [0.5, 0.6) is 0 Å². The summed E-state index contributed by atoms with van der Waals surface area (Å²) < 4.78 is 5.63. The van der Waals surface area contributed by atoms with E-state index < -0.39 is 12.0 Å². The maximum Gasteiger partial charge on any atom is 0.328 e. The van der Waals surface area contributed by atoms with Crippen LogP contribution in [0.1, 0.15) is 29.4 Å². The van der Waals surface area contributed by atoms with Crippen LogP contribution in [0.2, 0.25) is 0 Å². The highest BCUT2D eigenvalue weighted by Crippen LogP contribution is 2.31. The smallest absolute Gasteiger partial charge is 0.328 e. The molecule has 2 aliphatic heterocycles. The first-order chi connectivity index (χ1) is 14.0. The number of hydrazone groups is 1. The number of benzene rings is 1. The standard InChI is InChI=1S/C20H23N5O4/c1-12-18(13(2)22-21-12)17-11-29-9-8-24(17)19(26)15-10-16(20(27)28)25(23-15)14-6-4-3-5-7-14/h3-7,16-17H,8-11H2,1-2H3,(H,21,22)(H,27,28). The summed E-state index contributed by atoms with van der Waals surface area (Å²) in [6.07, 6.45) is 0.0521. The molecule has 152 valence electrons. The molecule has 4 rings (SSSR count). The van der Waals surface area contributed by atoms with Crippen LogP contribution in [0.3, 0.4) is 0 Å². The van der Waals surface area contributed by atoms with Crippen molar-refractivity contribution >= 4 is 23.3 Å². The predicted molar refractivity (Wildman–Crippen MR) is 106 cm³/mol. The molecule has 1 saturated heterocycles. The van der Waals surface area contributed by atoms with E-state index in [1.54, 1.807) is 17.0 Å². The Morgan fingerprint density at radius 1 is 1.24 bits per heavy atom. The zero-order valence-electron chi connectivity index (χ0n) is 16.3. The van der Waals surface area contributed by atoms with Crippen LogP contribution in [0.25, 0.3) is 0 Å². The number of rotatable bonds is 4. The second-order valence-corrected chi connectivity index (χ2v) is 7.22. The fourth-order valence-corrected chi connectivity index (χ4v) is 3.95. The monoisotopic (exact) mass is 397 g/mol. The molecule has 1 fully saturated rings. The summed E-state index contributed by atoms with van der Waals surface area (Å²) in [5.41, 5.74) is 3.53. The minimum atomic E-state index is -1.01. The lowest BCUT2D eigenvalue weighted by molar-refractivity contribution is -0.138. The quantitative estimate of drug-likeness (QED) is 0.811. The molecule has 0 bridgehead atoms. The number of aryl methyl sites for hydroxylation is 2. The third kappa shape index (κ3) is 3.49. The largest absolute Gasteiger partial charge is 0.480 e. The number of amides is 1. The van der Waals surface area contributed by atoms with E-state index in [1.165, 1.54) is 5.01 Å². The van der Waals surface area contributed by atoms with E-state index in [4.69, 9.17) is 4.74 Å². The van der Waals surface area contributed by atoms with E-state index in [2.05, 4.69) is 15.3 Å². The Balaban J connectivity index is 1.64. The van der Waals surface area contributed by atoms with E-state index in [-0.39, 0.29) is 24.1 Å². The van der Waals surface area contributed by atoms with E-state index in [1.807, 2.05) is 32.0 Å². The number of carboxylic acid groups (broad SMARTS) is 1. The molecule has 2 aromatic rings. The first kappa shape index (κ1) is 19.1. The minimum absolute atomic E-state index is 0.0521. The number of aromatic nitrogens is 2. The van der Waals surface area contributed by atoms with Crippen molar-refractivity contribution in [2.45, 2.75) is 32.4 Å². The number of hydrogen-bond acceptors (Lipinski definition) is 6. The maximum absolute atomic E-state index is 13.4. The second kappa shape index (κ2) is 7.67. The van der Waals surface area contributed by atoms with Crippen molar-refractivity contribution in [2.24, 2.45) is 5.10 Å². The van der Waals surface area contributed by atoms with E-state index in [0.717, 1.165) is 17.0 Å². The molecule has 0 radical (unpaired) electrons. The van der Waals surface area contributed by atoms with Crippen LogP contribution in [-0.4, -0.2) is 63.6 Å². The number of carbonyl (C=O) groups excluding carboxylic acids is 1. The van der Waals surface area contributed by atoms with Gasteiger partial charge in [0.05, 0.1) is 30.6 Å². The van der Waals surface area contributed by atoms with Crippen molar-refractivity contribution in [3.05, 3.63) is 47.3 Å². The predicted octanol–water partition coefficient (Wildman–Crippen LogP) is 1.65. The van der Waals surface area contributed by atoms with Crippen LogP contribution in [0, 0.1) is 13.8 Å². The molecule has 1 aromatic heterocycles. The van der Waals surface area contributed by atoms with Gasteiger partial charge < -0.3 is 14.7 Å². The number of nitrogens with one attached hydrogen (secondary N) is 1. The molecule has 0 aliphatic carbocycles. The van der Waals surface area contributed by atoms with Gasteiger partial charge in [-0.2, -0.15) is 10.2 Å². The molecular formula is C20H23N5O4. The van der Waals surface area contributed by atoms with Gasteiger partial charge in [-0.15, -0.1) is 0 Å². The summed E-state index contributed by atoms with van der Waals surface area (Å²) in [5, 5.41) is 22.7. The number of para-hydroxylation sites is 1. The number of anilines is 1. The zero-order chi connectivity index (χ0) is 20.5. The molecule has 0 spiro atoms. The lowest BCUT2D eigenvalue weighted by atomic mass is 10.0. The van der Waals surface area contributed by atoms with Crippen molar-refractivity contribution in [1.29, 1.82) is 0 Å². The molecule has 29 heavy (non-hydrogen) atoms. The number of aliphatic carboxylic acids is 1. The number of nitrogens with zero attached hydrogens (tertiary/aromatic N) is 4. The van der Waals surface area contributed by atoms with Gasteiger partial charge in [-0.3, -0.25) is 14.9 Å². The molecule has 2 N–H and O–H groups in total. The van der Waals surface area contributed by atoms with Crippen molar-refractivity contribution in [3.8, 4) is 0 Å². The highest BCUT2D eigenvalue weighted by molar-refractivity contribution is 6.40. The summed E-state index contributed by atoms with van der Waals surface area (Å²) in [6.45, 7) is 5.01. The fourth-order valence-electron chi connectivity index (χ4n) is 3.95. The number of carbonyl (C=O) groups is 2. The molecule has 9 heteroatoms. The molecule has 3 heterocycles. The van der Waals surface area contributed by atoms with Crippen molar-refractivity contribution in [2.75, 3.05) is 24.8 Å². The molecule has 2 aliphatic rings. The van der Waals surface area contributed by atoms with E-state index >= 15 is 0 Å². The lowest BCUT2D eigenvalue weighted by Crippen LogP contribution is -2.46. The molecule has 1 amide bonds. The van der Waals surface area contributed by atoms with Crippen LogP contribution in [0.15, 0.2) is 35.4 Å². The van der Waals surface area contributed by atoms with Crippen LogP contribution < -0.4 is 5.01 Å². The van der Waals surface area contributed by atoms with Crippen LogP contribution in [0.4, 0.5) is 5.69 Å². The van der Waals surface area contributed by atoms with Gasteiger partial charge in [-0.05, 0) is 26.0 Å². The Morgan fingerprint density at radius 3 is 2.66 bits per heavy atom. The highest BCUT2D eigenvalue weighted by atomic mass is 16.5. The van der Waals surface area contributed by atoms with E-state index in [9.17, 15) is 14.7 Å². The van der Waals surface area contributed by atoms with Gasteiger partial charge in [0.25, 0.3) is 5.91 Å². The summed E-state index contributed by atoms with van der Waals surface area (Å²) in [6, 6.07) is 7.84. The average molecular weight is 397 g/mol. The molecule has 2 unspecified atom stereocenters. The van der Waals surface area contributed by atoms with Gasteiger partial charge in [-0.25, -0.2) is 4.79 Å². The number of aromatic amines is 1. The molecule has 2 atom stereocenters. The summed E-state index contributed by atoms with van der Waals surface area (Å²) >= 11 is 0. The second-order valence-electron chi connectivity index (χ2n) is 7.22. The summed E-state index contributed by atoms with van der Waals surface area (Å²) in [4.78, 5) is 26.9. The van der Waals surface area contributed by atoms with Crippen molar-refractivity contribution in [1.82, 2.24) is 15.1 Å². The Bertz CT molecular complexity index is 936. The van der Waals surface area contributed by atoms with Crippen molar-refractivity contribution in [3.63, 3.8) is 0 Å². The average Bonchev–Trinajstić information content (AvgIpc) is 3.32. The lowest BCUT2D eigenvalue weighted by Gasteiger charge is -2.35. The summed E-state index contributed by atoms with van der Waals surface area (Å²) in [7, 11) is 0. The number of hydrogen-bond donors (Lipinski definition) is 2. The van der Waals surface area contributed by atoms with Gasteiger partial charge in [0.15, 0.2) is 6.04 Å². The normalized spacial score (nSPS) is 21.9. The van der Waals surface area contributed by atoms with Gasteiger partial charge >= 0.3 is 5.97 Å². The van der Waals surface area contributed by atoms with Crippen LogP contribution >= 0.6 is 0 Å². The van der Waals surface area contributed by atoms with Gasteiger partial charge in [0.1, 0.15) is 5.71 Å². The SMILES string of the molecule is Cc1n[nH]c(C)c1C1COCCN1C(=O)C1=NN(c2ccccc2)C(C(=O)O)C1. The Kier molecular flexibility index (Phi) is 5.06.